The number of ether oxygens (including phenoxy) is 6. The molecule has 3 saturated heterocycles. The largest absolute Gasteiger partial charge is 0.394 e. The van der Waals surface area contributed by atoms with Crippen molar-refractivity contribution in [2.24, 2.45) is 0 Å². The van der Waals surface area contributed by atoms with Crippen molar-refractivity contribution in [3.8, 4) is 0 Å². The first-order chi connectivity index (χ1) is 49.3. The van der Waals surface area contributed by atoms with E-state index in [0.29, 0.717) is 12.8 Å². The van der Waals surface area contributed by atoms with E-state index in [9.17, 15) is 61.0 Å². The van der Waals surface area contributed by atoms with Gasteiger partial charge < -0.3 is 89.9 Å². The van der Waals surface area contributed by atoms with Gasteiger partial charge in [0.1, 0.15) is 73.2 Å². The first-order valence-corrected chi connectivity index (χ1v) is 42.1. The van der Waals surface area contributed by atoms with Crippen LogP contribution in [0.2, 0.25) is 0 Å². The Bertz CT molecular complexity index is 1920. The summed E-state index contributed by atoms with van der Waals surface area (Å²) in [5.74, 6) is -0.235. The highest BCUT2D eigenvalue weighted by Gasteiger charge is 2.54. The predicted octanol–water partition coefficient (Wildman–Crippen LogP) is 14.5. The van der Waals surface area contributed by atoms with Gasteiger partial charge in [0.05, 0.1) is 38.6 Å². The average Bonchev–Trinajstić information content (AvgIpc) is 0.792. The van der Waals surface area contributed by atoms with Gasteiger partial charge in [-0.25, -0.2) is 0 Å². The maximum absolute atomic E-state index is 13.5. The molecule has 101 heavy (non-hydrogen) atoms. The minimum absolute atomic E-state index is 0.235. The second kappa shape index (κ2) is 63.2. The van der Waals surface area contributed by atoms with Gasteiger partial charge in [-0.15, -0.1) is 0 Å². The van der Waals surface area contributed by atoms with Crippen LogP contribution in [0.1, 0.15) is 361 Å². The van der Waals surface area contributed by atoms with E-state index >= 15 is 0 Å². The molecule has 0 aliphatic carbocycles. The number of hydrogen-bond donors (Lipinski definition) is 12. The highest BCUT2D eigenvalue weighted by molar-refractivity contribution is 5.76. The fourth-order valence-corrected chi connectivity index (χ4v) is 14.5. The molecule has 0 aromatic carbocycles. The number of unbranched alkanes of at least 4 members (excludes halogenated alkanes) is 48. The fourth-order valence-electron chi connectivity index (χ4n) is 14.5. The maximum Gasteiger partial charge on any atom is 0.220 e. The molecule has 0 saturated carbocycles. The van der Waals surface area contributed by atoms with Gasteiger partial charge in [-0.05, 0) is 44.9 Å². The molecule has 596 valence electrons. The van der Waals surface area contributed by atoms with Crippen LogP contribution in [0.4, 0.5) is 0 Å². The van der Waals surface area contributed by atoms with Crippen molar-refractivity contribution in [1.29, 1.82) is 0 Å². The van der Waals surface area contributed by atoms with Crippen LogP contribution in [-0.4, -0.2) is 193 Å². The number of rotatable bonds is 68. The van der Waals surface area contributed by atoms with Crippen LogP contribution in [0.15, 0.2) is 24.3 Å². The number of amides is 1. The van der Waals surface area contributed by atoms with Crippen molar-refractivity contribution in [2.45, 2.75) is 465 Å². The van der Waals surface area contributed by atoms with E-state index in [1.54, 1.807) is 0 Å². The number of nitrogens with one attached hydrogen (secondary N) is 1. The lowest BCUT2D eigenvalue weighted by Crippen LogP contribution is -2.66. The number of allylic oxidation sites excluding steroid dienone is 4. The Morgan fingerprint density at radius 2 is 0.653 bits per heavy atom. The minimum Gasteiger partial charge on any atom is -0.394 e. The zero-order valence-electron chi connectivity index (χ0n) is 63.9. The molecule has 3 aliphatic rings. The second-order valence-electron chi connectivity index (χ2n) is 30.3. The third-order valence-electron chi connectivity index (χ3n) is 21.3. The van der Waals surface area contributed by atoms with E-state index in [2.05, 4.69) is 43.5 Å². The average molecular weight is 1440 g/mol. The van der Waals surface area contributed by atoms with Gasteiger partial charge in [0, 0.05) is 6.42 Å². The molecule has 0 spiro atoms. The Morgan fingerprint density at radius 3 is 1.01 bits per heavy atom. The zero-order chi connectivity index (χ0) is 73.2. The fraction of sp³-hybridized carbons (Fsp3) is 0.939. The van der Waals surface area contributed by atoms with E-state index < -0.39 is 124 Å². The smallest absolute Gasteiger partial charge is 0.220 e. The topological polar surface area (TPSA) is 307 Å². The molecule has 3 fully saturated rings. The van der Waals surface area contributed by atoms with Crippen LogP contribution in [0.25, 0.3) is 0 Å². The molecule has 17 unspecified atom stereocenters. The minimum atomic E-state index is -1.97. The van der Waals surface area contributed by atoms with Gasteiger partial charge in [0.25, 0.3) is 0 Å². The zero-order valence-corrected chi connectivity index (χ0v) is 63.9. The number of aliphatic hydroxyl groups excluding tert-OH is 11. The molecule has 17 atom stereocenters. The van der Waals surface area contributed by atoms with Crippen LogP contribution in [0.3, 0.4) is 0 Å². The molecule has 3 heterocycles. The van der Waals surface area contributed by atoms with E-state index in [4.69, 9.17) is 28.4 Å². The van der Waals surface area contributed by atoms with Gasteiger partial charge in [-0.3, -0.25) is 4.79 Å². The molecule has 1 amide bonds. The van der Waals surface area contributed by atoms with Gasteiger partial charge >= 0.3 is 0 Å². The lowest BCUT2D eigenvalue weighted by atomic mass is 9.96. The number of aliphatic hydroxyl groups is 11. The highest BCUT2D eigenvalue weighted by Crippen LogP contribution is 2.33. The van der Waals surface area contributed by atoms with Crippen LogP contribution in [0, 0.1) is 0 Å². The van der Waals surface area contributed by atoms with Crippen molar-refractivity contribution in [1.82, 2.24) is 5.32 Å². The summed E-state index contributed by atoms with van der Waals surface area (Å²) in [4.78, 5) is 13.5. The molecule has 0 aromatic rings. The third kappa shape index (κ3) is 43.2. The third-order valence-corrected chi connectivity index (χ3v) is 21.3. The molecule has 3 rings (SSSR count). The van der Waals surface area contributed by atoms with Crippen molar-refractivity contribution in [3.63, 3.8) is 0 Å². The molecule has 19 nitrogen and oxygen atoms in total. The Labute approximate surface area is 613 Å². The highest BCUT2D eigenvalue weighted by atomic mass is 16.8. The molecular formula is C82H155NO18. The number of carbonyl (C=O) groups is 1. The van der Waals surface area contributed by atoms with E-state index in [1.165, 1.54) is 276 Å². The molecule has 0 aromatic heterocycles. The summed E-state index contributed by atoms with van der Waals surface area (Å²) in [5.41, 5.74) is 0. The number of hydrogen-bond acceptors (Lipinski definition) is 18. The summed E-state index contributed by atoms with van der Waals surface area (Å²) in [5, 5.41) is 121. The van der Waals surface area contributed by atoms with Gasteiger partial charge in [0.2, 0.25) is 5.91 Å². The predicted molar refractivity (Wildman–Crippen MR) is 402 cm³/mol. The Kier molecular flexibility index (Phi) is 58.5. The molecule has 0 bridgehead atoms. The summed E-state index contributed by atoms with van der Waals surface area (Å²) in [6, 6.07) is -0.884. The van der Waals surface area contributed by atoms with Crippen molar-refractivity contribution in [3.05, 3.63) is 24.3 Å². The van der Waals surface area contributed by atoms with Gasteiger partial charge in [0.15, 0.2) is 18.9 Å². The summed E-state index contributed by atoms with van der Waals surface area (Å²) >= 11 is 0. The van der Waals surface area contributed by atoms with Crippen LogP contribution in [0.5, 0.6) is 0 Å². The SMILES string of the molecule is CCCCCCC/C=C\C/C=C\CCCCCCCCCCCCCCCCCCCCCCCCCCCCCC(=O)NC(COC1OC(CO)C(OC2OC(CO)C(OC3OC(CO)C(O)C(O)C3O)C(O)C2O)C(O)C1O)C(O)CCCCCCCCCCCCCCCCCCC. The second-order valence-corrected chi connectivity index (χ2v) is 30.3. The quantitative estimate of drug-likeness (QED) is 0.0199. The van der Waals surface area contributed by atoms with Crippen molar-refractivity contribution < 1.29 is 89.4 Å². The summed E-state index contributed by atoms with van der Waals surface area (Å²) < 4.78 is 34.5. The molecule has 12 N–H and O–H groups in total. The van der Waals surface area contributed by atoms with Crippen LogP contribution in [-0.2, 0) is 33.2 Å². The van der Waals surface area contributed by atoms with E-state index in [-0.39, 0.29) is 18.9 Å². The molecule has 3 aliphatic heterocycles. The lowest BCUT2D eigenvalue weighted by Gasteiger charge is -2.48. The number of carbonyl (C=O) groups excluding carboxylic acids is 1. The van der Waals surface area contributed by atoms with Crippen LogP contribution < -0.4 is 5.32 Å². The van der Waals surface area contributed by atoms with Gasteiger partial charge in [-0.2, -0.15) is 0 Å². The summed E-state index contributed by atoms with van der Waals surface area (Å²) in [6.07, 6.45) is 50.1. The van der Waals surface area contributed by atoms with Crippen LogP contribution >= 0.6 is 0 Å². The molecular weight excluding hydrogens is 1290 g/mol. The maximum atomic E-state index is 13.5. The Morgan fingerprint density at radius 1 is 0.356 bits per heavy atom. The van der Waals surface area contributed by atoms with E-state index in [0.717, 1.165) is 51.4 Å². The molecule has 0 radical (unpaired) electrons. The van der Waals surface area contributed by atoms with Crippen molar-refractivity contribution in [2.75, 3.05) is 26.4 Å². The first-order valence-electron chi connectivity index (χ1n) is 42.1. The summed E-state index contributed by atoms with van der Waals surface area (Å²) in [7, 11) is 0. The standard InChI is InChI=1S/C82H155NO18/c1-3-5-7-9-11-13-15-17-19-21-22-23-24-25-26-27-28-29-30-31-32-33-34-35-36-37-38-39-40-41-42-44-46-48-50-52-54-56-58-60-70(88)83-65(66(87)59-57-55-53-51-49-47-45-43-20-18-16-14-12-10-8-6-4-2)64-96-80-76(94)73(91)78(68(62-85)98-80)101-82-77(95)74(92)79(69(63-86)99-82)100-81-75(93)72(90)71(89)67(61-84)97-81/h15,17,21-22,65-69,71-82,84-87,89-95H,3-14,16,18-20,23-64H2,1-2H3,(H,83,88)/b17-15-,22-21-. The monoisotopic (exact) mass is 1440 g/mol. The van der Waals surface area contributed by atoms with E-state index in [1.807, 2.05) is 0 Å². The normalized spacial score (nSPS) is 26.4. The lowest BCUT2D eigenvalue weighted by molar-refractivity contribution is -0.379. The molecule has 19 heteroatoms. The summed E-state index contributed by atoms with van der Waals surface area (Å²) in [6.45, 7) is 1.84. The van der Waals surface area contributed by atoms with Crippen molar-refractivity contribution >= 4 is 5.91 Å². The Hall–Kier alpha value is -1.73. The first kappa shape index (κ1) is 93.5. The Balaban J connectivity index is 1.28. The van der Waals surface area contributed by atoms with Gasteiger partial charge in [-0.1, -0.05) is 334 Å².